The van der Waals surface area contributed by atoms with Gasteiger partial charge in [0, 0.05) is 35.8 Å². The Kier molecular flexibility index (Phi) is 6.99. The number of piperidine rings is 1. The zero-order chi connectivity index (χ0) is 25.1. The fourth-order valence-corrected chi connectivity index (χ4v) is 5.14. The van der Waals surface area contributed by atoms with Crippen molar-refractivity contribution in [2.45, 2.75) is 38.8 Å². The summed E-state index contributed by atoms with van der Waals surface area (Å²) in [7, 11) is 0. The normalized spacial score (nSPS) is 17.4. The fourth-order valence-electron chi connectivity index (χ4n) is 5.14. The summed E-state index contributed by atoms with van der Waals surface area (Å²) in [4.78, 5) is 13.7. The molecular weight excluding hydrogens is 452 g/mol. The first-order chi connectivity index (χ1) is 17.4. The molecule has 3 aromatic carbocycles. The van der Waals surface area contributed by atoms with Crippen LogP contribution in [0.5, 0.6) is 5.75 Å². The van der Waals surface area contributed by atoms with E-state index in [0.717, 1.165) is 61.4 Å². The molecule has 188 valence electrons. The van der Waals surface area contributed by atoms with Gasteiger partial charge in [0.2, 0.25) is 0 Å². The van der Waals surface area contributed by atoms with Crippen LogP contribution in [0.15, 0.2) is 66.7 Å². The molecule has 0 bridgehead atoms. The number of para-hydroxylation sites is 1. The van der Waals surface area contributed by atoms with Gasteiger partial charge in [0.25, 0.3) is 0 Å². The number of nitrogens with two attached hydrogens (primary N) is 1. The van der Waals surface area contributed by atoms with Crippen molar-refractivity contribution in [2.75, 3.05) is 31.2 Å². The maximum absolute atomic E-state index is 11.3. The number of ether oxygens (including phenoxy) is 2. The molecule has 0 aliphatic carbocycles. The summed E-state index contributed by atoms with van der Waals surface area (Å²) in [6.45, 7) is 6.15. The lowest BCUT2D eigenvalue weighted by molar-refractivity contribution is -0.136. The number of carboxylic acids is 1. The average Bonchev–Trinajstić information content (AvgIpc) is 2.87. The minimum absolute atomic E-state index is 0.0374. The second-order valence-corrected chi connectivity index (χ2v) is 10.2. The molecule has 0 aromatic heterocycles. The van der Waals surface area contributed by atoms with E-state index in [1.807, 2.05) is 25.1 Å². The predicted octanol–water partition coefficient (Wildman–Crippen LogP) is 5.20. The van der Waals surface area contributed by atoms with Gasteiger partial charge in [-0.2, -0.15) is 0 Å². The minimum Gasteiger partial charge on any atom is -0.489 e. The molecule has 2 fully saturated rings. The smallest absolute Gasteiger partial charge is 0.307 e. The van der Waals surface area contributed by atoms with E-state index in [-0.39, 0.29) is 12.5 Å². The maximum Gasteiger partial charge on any atom is 0.307 e. The van der Waals surface area contributed by atoms with Crippen molar-refractivity contribution in [3.05, 3.63) is 83.4 Å². The summed E-state index contributed by atoms with van der Waals surface area (Å²) in [6.07, 6.45) is 2.22. The molecule has 2 saturated heterocycles. The number of hydrogen-bond acceptors (Lipinski definition) is 5. The molecule has 0 saturated carbocycles. The highest BCUT2D eigenvalue weighted by atomic mass is 16.5. The number of anilines is 1. The second kappa shape index (κ2) is 10.3. The molecular formula is C30H34N2O4. The van der Waals surface area contributed by atoms with Gasteiger partial charge >= 0.3 is 5.97 Å². The number of hydrogen-bond donors (Lipinski definition) is 2. The lowest BCUT2D eigenvalue weighted by Gasteiger charge is -2.48. The van der Waals surface area contributed by atoms with Gasteiger partial charge < -0.3 is 25.2 Å². The monoisotopic (exact) mass is 486 g/mol. The van der Waals surface area contributed by atoms with Crippen LogP contribution in [-0.2, 0) is 22.6 Å². The molecule has 5 rings (SSSR count). The number of carboxylic acid groups (broad SMARTS) is 1. The molecule has 6 nitrogen and oxygen atoms in total. The van der Waals surface area contributed by atoms with Crippen LogP contribution in [0.25, 0.3) is 11.1 Å². The Balaban J connectivity index is 1.43. The number of benzene rings is 3. The Morgan fingerprint density at radius 3 is 2.53 bits per heavy atom. The van der Waals surface area contributed by atoms with Gasteiger partial charge in [0.05, 0.1) is 19.6 Å². The van der Waals surface area contributed by atoms with Crippen molar-refractivity contribution in [1.82, 2.24) is 0 Å². The van der Waals surface area contributed by atoms with E-state index in [2.05, 4.69) is 47.4 Å². The molecule has 1 atom stereocenters. The summed E-state index contributed by atoms with van der Waals surface area (Å²) < 4.78 is 11.7. The van der Waals surface area contributed by atoms with Crippen molar-refractivity contribution in [1.29, 1.82) is 0 Å². The van der Waals surface area contributed by atoms with Crippen LogP contribution in [0, 0.1) is 5.41 Å². The molecule has 1 unspecified atom stereocenters. The van der Waals surface area contributed by atoms with Gasteiger partial charge in [-0.15, -0.1) is 0 Å². The molecule has 3 aromatic rings. The lowest BCUT2D eigenvalue weighted by Crippen LogP contribution is -2.50. The van der Waals surface area contributed by atoms with E-state index in [1.54, 1.807) is 6.07 Å². The maximum atomic E-state index is 11.3. The molecule has 0 radical (unpaired) electrons. The first-order valence-electron chi connectivity index (χ1n) is 12.7. The molecule has 0 amide bonds. The van der Waals surface area contributed by atoms with Crippen LogP contribution in [0.2, 0.25) is 0 Å². The Morgan fingerprint density at radius 1 is 1.06 bits per heavy atom. The van der Waals surface area contributed by atoms with Crippen LogP contribution < -0.4 is 15.4 Å². The highest BCUT2D eigenvalue weighted by molar-refractivity contribution is 5.72. The van der Waals surface area contributed by atoms with Crippen molar-refractivity contribution >= 4 is 11.7 Å². The average molecular weight is 487 g/mol. The van der Waals surface area contributed by atoms with Gasteiger partial charge in [0.15, 0.2) is 0 Å². The van der Waals surface area contributed by atoms with Crippen LogP contribution in [0.3, 0.4) is 0 Å². The highest BCUT2D eigenvalue weighted by Gasteiger charge is 2.41. The molecule has 2 aliphatic heterocycles. The SMILES string of the molecule is CC(N)c1cccc(-c2cc(COc3ccccc3CC(=O)O)cc(N3CCC4(CC3)COC4)c2)c1. The van der Waals surface area contributed by atoms with Gasteiger partial charge in [-0.3, -0.25) is 4.79 Å². The quantitative estimate of drug-likeness (QED) is 0.455. The van der Waals surface area contributed by atoms with Crippen LogP contribution in [-0.4, -0.2) is 37.4 Å². The zero-order valence-corrected chi connectivity index (χ0v) is 20.8. The molecule has 1 spiro atoms. The molecule has 36 heavy (non-hydrogen) atoms. The van der Waals surface area contributed by atoms with E-state index in [9.17, 15) is 9.90 Å². The van der Waals surface area contributed by atoms with Crippen molar-refractivity contribution in [3.63, 3.8) is 0 Å². The Bertz CT molecular complexity index is 1230. The topological polar surface area (TPSA) is 85.0 Å². The number of aliphatic carboxylic acids is 1. The third-order valence-corrected chi connectivity index (χ3v) is 7.44. The molecule has 2 heterocycles. The summed E-state index contributed by atoms with van der Waals surface area (Å²) in [5, 5.41) is 9.26. The predicted molar refractivity (Wildman–Crippen MR) is 141 cm³/mol. The fraction of sp³-hybridized carbons (Fsp3) is 0.367. The Hall–Kier alpha value is -3.35. The van der Waals surface area contributed by atoms with Crippen LogP contribution in [0.4, 0.5) is 5.69 Å². The van der Waals surface area contributed by atoms with Crippen molar-refractivity contribution in [2.24, 2.45) is 11.1 Å². The Labute approximate surface area is 212 Å². The van der Waals surface area contributed by atoms with Gasteiger partial charge in [-0.1, -0.05) is 36.4 Å². The molecule has 3 N–H and O–H groups in total. The van der Waals surface area contributed by atoms with E-state index in [4.69, 9.17) is 15.2 Å². The summed E-state index contributed by atoms with van der Waals surface area (Å²) in [6, 6.07) is 22.3. The third kappa shape index (κ3) is 5.40. The van der Waals surface area contributed by atoms with Gasteiger partial charge in [-0.05, 0) is 72.4 Å². The molecule has 2 aliphatic rings. The van der Waals surface area contributed by atoms with Crippen LogP contribution in [0.1, 0.15) is 42.5 Å². The van der Waals surface area contributed by atoms with Crippen molar-refractivity contribution < 1.29 is 19.4 Å². The standard InChI is InChI=1S/C30H34N2O4/c1-21(31)23-6-4-7-24(15-23)26-13-22(18-36-28-8-3-2-5-25(28)17-29(33)34)14-27(16-26)32-11-9-30(10-12-32)19-35-20-30/h2-8,13-16,21H,9-12,17-20,31H2,1H3,(H,33,34). The number of rotatable bonds is 8. The first kappa shape index (κ1) is 24.3. The summed E-state index contributed by atoms with van der Waals surface area (Å²) in [5.74, 6) is -0.264. The van der Waals surface area contributed by atoms with E-state index < -0.39 is 5.97 Å². The van der Waals surface area contributed by atoms with E-state index in [0.29, 0.717) is 23.3 Å². The molecule has 6 heteroatoms. The van der Waals surface area contributed by atoms with Crippen LogP contribution >= 0.6 is 0 Å². The zero-order valence-electron chi connectivity index (χ0n) is 20.8. The van der Waals surface area contributed by atoms with Gasteiger partial charge in [-0.25, -0.2) is 0 Å². The second-order valence-electron chi connectivity index (χ2n) is 10.2. The van der Waals surface area contributed by atoms with E-state index >= 15 is 0 Å². The summed E-state index contributed by atoms with van der Waals surface area (Å²) in [5.41, 5.74) is 12.8. The Morgan fingerprint density at radius 2 is 1.83 bits per heavy atom. The third-order valence-electron chi connectivity index (χ3n) is 7.44. The van der Waals surface area contributed by atoms with Crippen molar-refractivity contribution in [3.8, 4) is 16.9 Å². The highest BCUT2D eigenvalue weighted by Crippen LogP contribution is 2.40. The summed E-state index contributed by atoms with van der Waals surface area (Å²) >= 11 is 0. The van der Waals surface area contributed by atoms with Gasteiger partial charge in [0.1, 0.15) is 12.4 Å². The van der Waals surface area contributed by atoms with E-state index in [1.165, 1.54) is 5.69 Å². The lowest BCUT2D eigenvalue weighted by atomic mass is 9.76. The number of nitrogens with zero attached hydrogens (tertiary/aromatic N) is 1. The minimum atomic E-state index is -0.871. The first-order valence-corrected chi connectivity index (χ1v) is 12.7. The largest absolute Gasteiger partial charge is 0.489 e. The number of carbonyl (C=O) groups is 1.